The quantitative estimate of drug-likeness (QED) is 0.487. The van der Waals surface area contributed by atoms with E-state index in [1.54, 1.807) is 0 Å². The van der Waals surface area contributed by atoms with Crippen molar-refractivity contribution in [2.75, 3.05) is 0 Å². The zero-order valence-electron chi connectivity index (χ0n) is 12.7. The van der Waals surface area contributed by atoms with Gasteiger partial charge in [0.25, 0.3) is 5.91 Å². The maximum Gasteiger partial charge on any atom is 0.281 e. The third-order valence-corrected chi connectivity index (χ3v) is 3.91. The van der Waals surface area contributed by atoms with Crippen LogP contribution in [0.5, 0.6) is 0 Å². The highest BCUT2D eigenvalue weighted by Gasteiger charge is 2.17. The first-order valence-electron chi connectivity index (χ1n) is 7.42. The van der Waals surface area contributed by atoms with Gasteiger partial charge in [-0.15, -0.1) is 0 Å². The van der Waals surface area contributed by atoms with E-state index in [-0.39, 0.29) is 11.9 Å². The number of aryl methyl sites for hydroxylation is 2. The first-order chi connectivity index (χ1) is 10.2. The van der Waals surface area contributed by atoms with Crippen LogP contribution < -0.4 is 11.3 Å². The summed E-state index contributed by atoms with van der Waals surface area (Å²) in [7, 11) is 0. The van der Waals surface area contributed by atoms with Crippen LogP contribution in [-0.4, -0.2) is 10.5 Å². The second-order valence-electron chi connectivity index (χ2n) is 5.30. The minimum Gasteiger partial charge on any atom is -0.338 e. The number of hydrogen-bond acceptors (Lipinski definition) is 2. The molecule has 1 unspecified atom stereocenters. The van der Waals surface area contributed by atoms with Crippen molar-refractivity contribution in [2.45, 2.75) is 39.2 Å². The van der Waals surface area contributed by atoms with Crippen LogP contribution >= 0.6 is 0 Å². The van der Waals surface area contributed by atoms with Gasteiger partial charge >= 0.3 is 0 Å². The van der Waals surface area contributed by atoms with Crippen LogP contribution in [-0.2, 0) is 12.8 Å². The lowest BCUT2D eigenvalue weighted by Gasteiger charge is -2.19. The molecule has 1 atom stereocenters. The molecule has 2 rings (SSSR count). The zero-order chi connectivity index (χ0) is 15.2. The first-order valence-corrected chi connectivity index (χ1v) is 7.42. The van der Waals surface area contributed by atoms with E-state index in [4.69, 9.17) is 5.84 Å². The molecule has 0 aliphatic heterocycles. The van der Waals surface area contributed by atoms with Crippen LogP contribution in [0.4, 0.5) is 0 Å². The van der Waals surface area contributed by atoms with Crippen LogP contribution in [0.1, 0.15) is 48.1 Å². The molecule has 0 aliphatic rings. The topological polar surface area (TPSA) is 60.0 Å². The van der Waals surface area contributed by atoms with Crippen LogP contribution in [0.15, 0.2) is 42.5 Å². The van der Waals surface area contributed by atoms with Crippen LogP contribution in [0.3, 0.4) is 0 Å². The van der Waals surface area contributed by atoms with Crippen LogP contribution in [0, 0.1) is 0 Å². The van der Waals surface area contributed by atoms with Crippen molar-refractivity contribution in [3.05, 3.63) is 59.4 Å². The number of nitrogens with zero attached hydrogens (tertiary/aromatic N) is 1. The van der Waals surface area contributed by atoms with Gasteiger partial charge in [-0.2, -0.15) is 0 Å². The van der Waals surface area contributed by atoms with Gasteiger partial charge in [0.05, 0.1) is 0 Å². The Morgan fingerprint density at radius 3 is 2.52 bits per heavy atom. The Balaban J connectivity index is 2.22. The normalized spacial score (nSPS) is 12.1. The highest BCUT2D eigenvalue weighted by molar-refractivity contribution is 5.92. The molecule has 0 radical (unpaired) electrons. The lowest BCUT2D eigenvalue weighted by molar-refractivity contribution is 0.0942. The largest absolute Gasteiger partial charge is 0.338 e. The van der Waals surface area contributed by atoms with E-state index < -0.39 is 0 Å². The van der Waals surface area contributed by atoms with Crippen molar-refractivity contribution in [2.24, 2.45) is 5.84 Å². The van der Waals surface area contributed by atoms with Crippen molar-refractivity contribution in [1.29, 1.82) is 0 Å². The fraction of sp³-hybridized carbons (Fsp3) is 0.353. The maximum atomic E-state index is 11.9. The Labute approximate surface area is 125 Å². The zero-order valence-corrected chi connectivity index (χ0v) is 12.7. The van der Waals surface area contributed by atoms with Crippen LogP contribution in [0.25, 0.3) is 0 Å². The molecule has 0 fully saturated rings. The van der Waals surface area contributed by atoms with Gasteiger partial charge in [-0.25, -0.2) is 5.84 Å². The van der Waals surface area contributed by atoms with Crippen molar-refractivity contribution in [3.63, 3.8) is 0 Å². The minimum absolute atomic E-state index is 0.235. The third-order valence-electron chi connectivity index (χ3n) is 3.91. The summed E-state index contributed by atoms with van der Waals surface area (Å²) in [6, 6.07) is 14.5. The molecule has 1 amide bonds. The second-order valence-corrected chi connectivity index (χ2v) is 5.30. The molecule has 0 saturated carbocycles. The number of hydrazine groups is 1. The van der Waals surface area contributed by atoms with Crippen molar-refractivity contribution in [3.8, 4) is 0 Å². The number of benzene rings is 1. The molecule has 1 aromatic heterocycles. The molecule has 0 saturated heterocycles. The smallest absolute Gasteiger partial charge is 0.281 e. The van der Waals surface area contributed by atoms with Gasteiger partial charge in [0.2, 0.25) is 0 Å². The average Bonchev–Trinajstić information content (AvgIpc) is 2.96. The minimum atomic E-state index is -0.235. The molecule has 21 heavy (non-hydrogen) atoms. The van der Waals surface area contributed by atoms with E-state index in [9.17, 15) is 4.79 Å². The lowest BCUT2D eigenvalue weighted by atomic mass is 10.1. The van der Waals surface area contributed by atoms with E-state index in [0.29, 0.717) is 5.69 Å². The molecule has 0 aliphatic carbocycles. The van der Waals surface area contributed by atoms with Crippen molar-refractivity contribution >= 4 is 5.91 Å². The Morgan fingerprint density at radius 2 is 1.90 bits per heavy atom. The summed E-state index contributed by atoms with van der Waals surface area (Å²) < 4.78 is 2.10. The molecule has 1 heterocycles. The highest BCUT2D eigenvalue weighted by Crippen LogP contribution is 2.20. The number of hydrogen-bond donors (Lipinski definition) is 2. The molecular formula is C17H23N3O. The van der Waals surface area contributed by atoms with Gasteiger partial charge in [-0.05, 0) is 43.9 Å². The molecule has 3 N–H and O–H groups in total. The Hall–Kier alpha value is -2.07. The third kappa shape index (κ3) is 3.52. The summed E-state index contributed by atoms with van der Waals surface area (Å²) in [6.07, 6.45) is 2.84. The maximum absolute atomic E-state index is 11.9. The molecule has 112 valence electrons. The number of nitrogens with one attached hydrogen (secondary N) is 1. The lowest BCUT2D eigenvalue weighted by Crippen LogP contribution is -2.32. The van der Waals surface area contributed by atoms with Crippen molar-refractivity contribution < 1.29 is 4.79 Å². The van der Waals surface area contributed by atoms with Gasteiger partial charge in [-0.1, -0.05) is 37.3 Å². The van der Waals surface area contributed by atoms with E-state index in [0.717, 1.165) is 19.3 Å². The average molecular weight is 285 g/mol. The molecule has 4 heteroatoms. The van der Waals surface area contributed by atoms with E-state index in [2.05, 4.69) is 48.1 Å². The number of nitrogen functional groups attached to an aromatic ring is 1. The monoisotopic (exact) mass is 285 g/mol. The van der Waals surface area contributed by atoms with Gasteiger partial charge < -0.3 is 4.57 Å². The summed E-state index contributed by atoms with van der Waals surface area (Å²) in [5.41, 5.74) is 5.34. The number of carbonyl (C=O) groups excluding carboxylic acids is 1. The number of amides is 1. The Bertz CT molecular complexity index is 589. The molecule has 4 nitrogen and oxygen atoms in total. The number of carbonyl (C=O) groups is 1. The summed E-state index contributed by atoms with van der Waals surface area (Å²) in [4.78, 5) is 11.9. The molecule has 0 spiro atoms. The number of nitrogens with two attached hydrogens (primary N) is 1. The molecule has 1 aromatic carbocycles. The first kappa shape index (κ1) is 15.3. The number of rotatable bonds is 6. The molecule has 2 aromatic rings. The summed E-state index contributed by atoms with van der Waals surface area (Å²) in [5, 5.41) is 0. The van der Waals surface area contributed by atoms with Crippen molar-refractivity contribution in [1.82, 2.24) is 9.99 Å². The van der Waals surface area contributed by atoms with E-state index >= 15 is 0 Å². The summed E-state index contributed by atoms with van der Waals surface area (Å²) >= 11 is 0. The summed E-state index contributed by atoms with van der Waals surface area (Å²) in [6.45, 7) is 4.25. The molecule has 0 bridgehead atoms. The van der Waals surface area contributed by atoms with E-state index in [1.807, 2.05) is 18.2 Å². The predicted molar refractivity (Wildman–Crippen MR) is 84.9 cm³/mol. The van der Waals surface area contributed by atoms with Gasteiger partial charge in [0.1, 0.15) is 5.69 Å². The highest BCUT2D eigenvalue weighted by atomic mass is 16.2. The van der Waals surface area contributed by atoms with Gasteiger partial charge in [0.15, 0.2) is 0 Å². The van der Waals surface area contributed by atoms with Gasteiger partial charge in [-0.3, -0.25) is 10.2 Å². The standard InChI is InChI=1S/C17H23N3O/c1-3-13(2)20-15(11-12-16(20)17(21)19-18)10-9-14-7-5-4-6-8-14/h4-8,11-13H,3,9-10,18H2,1-2H3,(H,19,21). The summed E-state index contributed by atoms with van der Waals surface area (Å²) in [5.74, 6) is 5.04. The molecular weight excluding hydrogens is 262 g/mol. The number of aromatic nitrogens is 1. The second kappa shape index (κ2) is 7.09. The Morgan fingerprint density at radius 1 is 1.19 bits per heavy atom. The van der Waals surface area contributed by atoms with E-state index in [1.165, 1.54) is 11.3 Å². The fourth-order valence-electron chi connectivity index (χ4n) is 2.57. The Kier molecular flexibility index (Phi) is 5.17. The SMILES string of the molecule is CCC(C)n1c(CCc2ccccc2)ccc1C(=O)NN. The van der Waals surface area contributed by atoms with Gasteiger partial charge in [0, 0.05) is 11.7 Å². The predicted octanol–water partition coefficient (Wildman–Crippen LogP) is 2.85. The fourth-order valence-corrected chi connectivity index (χ4v) is 2.57. The van der Waals surface area contributed by atoms with Crippen LogP contribution in [0.2, 0.25) is 0 Å².